The second-order valence-electron chi connectivity index (χ2n) is 25.0. The number of phosphoric ester groups is 1. The minimum absolute atomic E-state index is 0.0216. The molecule has 81 heavy (non-hydrogen) atoms. The fourth-order valence-electron chi connectivity index (χ4n) is 10.3. The topological polar surface area (TPSA) is 114 Å². The Hall–Kier alpha value is -2.03. The summed E-state index contributed by atoms with van der Waals surface area (Å²) in [7, 11) is 1.19. The van der Waals surface area contributed by atoms with Crippen LogP contribution in [-0.4, -0.2) is 69.4 Å². The van der Waals surface area contributed by atoms with Crippen molar-refractivity contribution in [2.45, 2.75) is 354 Å². The van der Waals surface area contributed by atoms with E-state index >= 15 is 0 Å². The predicted octanol–water partition coefficient (Wildman–Crippen LogP) is 21.4. The Labute approximate surface area is 503 Å². The second kappa shape index (κ2) is 61.1. The van der Waals surface area contributed by atoms with E-state index in [-0.39, 0.29) is 31.5 Å². The van der Waals surface area contributed by atoms with Crippen LogP contribution in [0.2, 0.25) is 0 Å². The molecule has 9 nitrogen and oxygen atoms in total. The number of likely N-dealkylation sites (N-methyl/N-ethyl adjacent to an activating group) is 1. The highest BCUT2D eigenvalue weighted by atomic mass is 31.2. The van der Waals surface area contributed by atoms with Crippen LogP contribution < -0.4 is 10.2 Å². The van der Waals surface area contributed by atoms with Crippen molar-refractivity contribution in [2.24, 2.45) is 0 Å². The Balaban J connectivity index is 4.97. The molecule has 0 fully saturated rings. The molecular weight excluding hydrogens is 1020 g/mol. The van der Waals surface area contributed by atoms with E-state index in [1.807, 2.05) is 33.3 Å². The molecule has 0 aliphatic carbocycles. The van der Waals surface area contributed by atoms with Gasteiger partial charge in [-0.1, -0.05) is 288 Å². The third kappa shape index (κ3) is 62.3. The standard InChI is InChI=1S/C71H135N2O7P/c1-7-10-13-16-19-22-25-27-29-31-32-33-34-35-36-37-38-39-40-42-44-46-49-52-55-58-61-64-71(75)80-69(62-59-56-53-50-47-24-21-18-15-12-9-3)68(67-79-81(76,77)78-66-65-73(4,5)6)72-70(74)63-60-57-54-51-48-45-43-41-30-28-26-23-20-17-14-11-8-2/h19,22,27-30,59,62,68-69H,7-18,20-21,23-26,31-58,60-61,63-67H2,1-6H3,(H-,72,74,76,77)/b22-19-,29-27-,30-28+,62-59-. The predicted molar refractivity (Wildman–Crippen MR) is 349 cm³/mol. The monoisotopic (exact) mass is 1160 g/mol. The van der Waals surface area contributed by atoms with Crippen molar-refractivity contribution in [1.29, 1.82) is 0 Å². The Morgan fingerprint density at radius 3 is 1.15 bits per heavy atom. The van der Waals surface area contributed by atoms with Gasteiger partial charge in [0.1, 0.15) is 19.3 Å². The maximum absolute atomic E-state index is 13.6. The molecule has 0 aliphatic rings. The van der Waals surface area contributed by atoms with E-state index in [9.17, 15) is 19.0 Å². The van der Waals surface area contributed by atoms with E-state index in [1.165, 1.54) is 231 Å². The minimum Gasteiger partial charge on any atom is -0.756 e. The number of rotatable bonds is 64. The number of unbranched alkanes of at least 4 members (excludes halogenated alkanes) is 42. The molecule has 0 spiro atoms. The SMILES string of the molecule is CCCCC/C=C\C/C=C\CCCCCCCCCCCCCCCCCCCC(=O)OC(/C=C\CCCCCCCCCCC)C(COP(=O)([O-])OCC[N+](C)(C)C)NC(=O)CCCCCCCCC/C=C/CCCCCCCC. The average Bonchev–Trinajstić information content (AvgIpc) is 3.44. The lowest BCUT2D eigenvalue weighted by Crippen LogP contribution is -2.47. The first-order chi connectivity index (χ1) is 39.4. The number of carbonyl (C=O) groups is 2. The number of carbonyl (C=O) groups excluding carboxylic acids is 2. The molecule has 476 valence electrons. The highest BCUT2D eigenvalue weighted by Crippen LogP contribution is 2.38. The molecule has 3 unspecified atom stereocenters. The number of phosphoric acid groups is 1. The van der Waals surface area contributed by atoms with Crippen molar-refractivity contribution < 1.29 is 37.3 Å². The number of hydrogen-bond acceptors (Lipinski definition) is 7. The lowest BCUT2D eigenvalue weighted by Gasteiger charge is -2.30. The lowest BCUT2D eigenvalue weighted by molar-refractivity contribution is -0.870. The molecule has 3 atom stereocenters. The van der Waals surface area contributed by atoms with Crippen LogP contribution >= 0.6 is 7.82 Å². The number of ether oxygens (including phenoxy) is 1. The van der Waals surface area contributed by atoms with E-state index in [4.69, 9.17) is 13.8 Å². The van der Waals surface area contributed by atoms with Gasteiger partial charge in [-0.25, -0.2) is 0 Å². The summed E-state index contributed by atoms with van der Waals surface area (Å²) in [6, 6.07) is -0.888. The van der Waals surface area contributed by atoms with Crippen molar-refractivity contribution in [1.82, 2.24) is 5.32 Å². The number of amides is 1. The summed E-state index contributed by atoms with van der Waals surface area (Å²) in [5, 5.41) is 3.04. The molecule has 1 amide bonds. The van der Waals surface area contributed by atoms with Crippen LogP contribution in [-0.2, 0) is 27.9 Å². The molecule has 0 aromatic heterocycles. The number of allylic oxidation sites excluding steroid dienone is 7. The fraction of sp³-hybridized carbons (Fsp3) is 0.859. The highest BCUT2D eigenvalue weighted by molar-refractivity contribution is 7.45. The Morgan fingerprint density at radius 1 is 0.432 bits per heavy atom. The van der Waals surface area contributed by atoms with E-state index in [2.05, 4.69) is 62.5 Å². The van der Waals surface area contributed by atoms with Gasteiger partial charge < -0.3 is 28.5 Å². The largest absolute Gasteiger partial charge is 0.756 e. The Morgan fingerprint density at radius 2 is 0.753 bits per heavy atom. The van der Waals surface area contributed by atoms with E-state index in [0.717, 1.165) is 77.0 Å². The first kappa shape index (κ1) is 79.0. The lowest BCUT2D eigenvalue weighted by atomic mass is 10.0. The summed E-state index contributed by atoms with van der Waals surface area (Å²) >= 11 is 0. The molecule has 0 aliphatic heterocycles. The maximum Gasteiger partial charge on any atom is 0.306 e. The van der Waals surface area contributed by atoms with Crippen LogP contribution in [0.25, 0.3) is 0 Å². The molecule has 0 saturated carbocycles. The molecule has 0 aromatic carbocycles. The van der Waals surface area contributed by atoms with Gasteiger partial charge in [0.05, 0.1) is 33.8 Å². The number of hydrogen-bond donors (Lipinski definition) is 1. The van der Waals surface area contributed by atoms with Gasteiger partial charge in [0, 0.05) is 12.8 Å². The molecule has 0 aromatic rings. The van der Waals surface area contributed by atoms with Gasteiger partial charge in [-0.2, -0.15) is 0 Å². The van der Waals surface area contributed by atoms with Gasteiger partial charge in [-0.15, -0.1) is 0 Å². The van der Waals surface area contributed by atoms with Crippen LogP contribution in [0.1, 0.15) is 342 Å². The Kier molecular flexibility index (Phi) is 59.5. The van der Waals surface area contributed by atoms with Crippen LogP contribution in [0.3, 0.4) is 0 Å². The normalized spacial score (nSPS) is 13.8. The van der Waals surface area contributed by atoms with Crippen molar-refractivity contribution >= 4 is 19.7 Å². The molecule has 10 heteroatoms. The van der Waals surface area contributed by atoms with Gasteiger partial charge >= 0.3 is 5.97 Å². The first-order valence-electron chi connectivity index (χ1n) is 34.9. The van der Waals surface area contributed by atoms with Crippen molar-refractivity contribution in [3.8, 4) is 0 Å². The van der Waals surface area contributed by atoms with Gasteiger partial charge in [-0.05, 0) is 89.5 Å². The third-order valence-corrected chi connectivity index (χ3v) is 16.7. The highest BCUT2D eigenvalue weighted by Gasteiger charge is 2.27. The van der Waals surface area contributed by atoms with Crippen molar-refractivity contribution in [3.05, 3.63) is 48.6 Å². The summed E-state index contributed by atoms with van der Waals surface area (Å²) in [5.74, 6) is -0.532. The zero-order valence-electron chi connectivity index (χ0n) is 54.5. The molecule has 0 heterocycles. The molecule has 1 N–H and O–H groups in total. The molecule has 0 bridgehead atoms. The summed E-state index contributed by atoms with van der Waals surface area (Å²) in [6.07, 6.45) is 76.7. The fourth-order valence-corrected chi connectivity index (χ4v) is 11.0. The van der Waals surface area contributed by atoms with Gasteiger partial charge in [-0.3, -0.25) is 14.2 Å². The summed E-state index contributed by atoms with van der Waals surface area (Å²) in [6.45, 7) is 6.85. The van der Waals surface area contributed by atoms with Crippen molar-refractivity contribution in [2.75, 3.05) is 40.9 Å². The molecule has 0 radical (unpaired) electrons. The third-order valence-electron chi connectivity index (χ3n) is 15.7. The van der Waals surface area contributed by atoms with Crippen molar-refractivity contribution in [3.63, 3.8) is 0 Å². The van der Waals surface area contributed by atoms with Gasteiger partial charge in [0.25, 0.3) is 7.82 Å². The van der Waals surface area contributed by atoms with E-state index in [1.54, 1.807) is 0 Å². The summed E-state index contributed by atoms with van der Waals surface area (Å²) in [4.78, 5) is 40.1. The Bertz CT molecular complexity index is 1520. The van der Waals surface area contributed by atoms with Gasteiger partial charge in [0.15, 0.2) is 0 Å². The second-order valence-corrected chi connectivity index (χ2v) is 26.4. The number of esters is 1. The maximum atomic E-state index is 13.6. The van der Waals surface area contributed by atoms with E-state index in [0.29, 0.717) is 17.4 Å². The van der Waals surface area contributed by atoms with Crippen LogP contribution in [0, 0.1) is 0 Å². The summed E-state index contributed by atoms with van der Waals surface area (Å²) in [5.41, 5.74) is 0. The first-order valence-corrected chi connectivity index (χ1v) is 36.4. The zero-order valence-corrected chi connectivity index (χ0v) is 55.4. The summed E-state index contributed by atoms with van der Waals surface area (Å²) < 4.78 is 30.4. The minimum atomic E-state index is -4.70. The van der Waals surface area contributed by atoms with E-state index < -0.39 is 20.0 Å². The quantitative estimate of drug-likeness (QED) is 0.0212. The van der Waals surface area contributed by atoms with Crippen LogP contribution in [0.15, 0.2) is 48.6 Å². The molecule has 0 saturated heterocycles. The average molecular weight is 1160 g/mol. The zero-order chi connectivity index (χ0) is 59.3. The smallest absolute Gasteiger partial charge is 0.306 e. The number of quaternary nitrogens is 1. The number of nitrogens with zero attached hydrogens (tertiary/aromatic N) is 1. The van der Waals surface area contributed by atoms with Crippen LogP contribution in [0.5, 0.6) is 0 Å². The molecule has 0 rings (SSSR count). The van der Waals surface area contributed by atoms with Gasteiger partial charge in [0.2, 0.25) is 5.91 Å². The number of nitrogens with one attached hydrogen (secondary N) is 1. The molecular formula is C71H135N2O7P. The van der Waals surface area contributed by atoms with Crippen LogP contribution in [0.4, 0.5) is 0 Å².